The second-order valence-corrected chi connectivity index (χ2v) is 4.51. The van der Waals surface area contributed by atoms with Gasteiger partial charge in [-0.2, -0.15) is 0 Å². The Balaban J connectivity index is 1.82. The van der Waals surface area contributed by atoms with Crippen LogP contribution in [-0.4, -0.2) is 31.8 Å². The van der Waals surface area contributed by atoms with Crippen LogP contribution in [0.15, 0.2) is 16.7 Å². The summed E-state index contributed by atoms with van der Waals surface area (Å²) in [5.41, 5.74) is 0.444. The van der Waals surface area contributed by atoms with Crippen molar-refractivity contribution in [1.29, 1.82) is 0 Å². The summed E-state index contributed by atoms with van der Waals surface area (Å²) in [7, 11) is 1.35. The van der Waals surface area contributed by atoms with Crippen LogP contribution < -0.4 is 5.32 Å². The van der Waals surface area contributed by atoms with Gasteiger partial charge in [-0.3, -0.25) is 0 Å². The molecule has 0 radical (unpaired) electrons. The third-order valence-electron chi connectivity index (χ3n) is 3.20. The minimum absolute atomic E-state index is 0.277. The van der Waals surface area contributed by atoms with Gasteiger partial charge in [-0.15, -0.1) is 0 Å². The summed E-state index contributed by atoms with van der Waals surface area (Å²) in [4.78, 5) is 11.3. The molecule has 1 fully saturated rings. The van der Waals surface area contributed by atoms with Crippen LogP contribution in [-0.2, 0) is 16.0 Å². The zero-order valence-electron chi connectivity index (χ0n) is 10.8. The Morgan fingerprint density at radius 1 is 1.67 bits per heavy atom. The van der Waals surface area contributed by atoms with E-state index in [1.165, 1.54) is 13.4 Å². The molecule has 2 atom stereocenters. The zero-order chi connectivity index (χ0) is 13.0. The Morgan fingerprint density at radius 2 is 2.50 bits per heavy atom. The fraction of sp³-hybridized carbons (Fsp3) is 0.615. The van der Waals surface area contributed by atoms with Crippen molar-refractivity contribution in [2.75, 3.05) is 13.7 Å². The average Bonchev–Trinajstić information content (AvgIpc) is 3.05. The molecule has 5 heteroatoms. The highest BCUT2D eigenvalue weighted by Crippen LogP contribution is 2.16. The van der Waals surface area contributed by atoms with E-state index in [-0.39, 0.29) is 18.1 Å². The van der Waals surface area contributed by atoms with Crippen molar-refractivity contribution in [3.05, 3.63) is 23.7 Å². The normalized spacial score (nSPS) is 20.9. The molecule has 1 aliphatic heterocycles. The number of methoxy groups -OCH3 is 1. The predicted octanol–water partition coefficient (Wildman–Crippen LogP) is 1.72. The van der Waals surface area contributed by atoms with Crippen LogP contribution in [0.3, 0.4) is 0 Å². The Hall–Kier alpha value is -1.33. The number of carbonyl (C=O) groups excluding carboxylic acids is 1. The molecule has 0 bridgehead atoms. The SMILES string of the molecule is COC(=O)c1coc(CNC(C)C2CCCO2)c1. The number of nitrogens with one attached hydrogen (secondary N) is 1. The molecular formula is C13H19NO4. The molecule has 0 spiro atoms. The average molecular weight is 253 g/mol. The minimum Gasteiger partial charge on any atom is -0.467 e. The monoisotopic (exact) mass is 253 g/mol. The number of hydrogen-bond acceptors (Lipinski definition) is 5. The first-order valence-corrected chi connectivity index (χ1v) is 6.21. The van der Waals surface area contributed by atoms with E-state index in [0.29, 0.717) is 12.1 Å². The van der Waals surface area contributed by atoms with Crippen molar-refractivity contribution in [3.8, 4) is 0 Å². The third-order valence-corrected chi connectivity index (χ3v) is 3.20. The molecule has 2 rings (SSSR count). The molecule has 0 saturated carbocycles. The van der Waals surface area contributed by atoms with Crippen molar-refractivity contribution < 1.29 is 18.7 Å². The first kappa shape index (κ1) is 13.1. The molecule has 0 aliphatic carbocycles. The van der Waals surface area contributed by atoms with E-state index >= 15 is 0 Å². The van der Waals surface area contributed by atoms with E-state index in [1.807, 2.05) is 0 Å². The molecule has 100 valence electrons. The summed E-state index contributed by atoms with van der Waals surface area (Å²) in [6.45, 7) is 3.53. The lowest BCUT2D eigenvalue weighted by Gasteiger charge is -2.19. The van der Waals surface area contributed by atoms with Crippen LogP contribution >= 0.6 is 0 Å². The molecule has 18 heavy (non-hydrogen) atoms. The maximum Gasteiger partial charge on any atom is 0.341 e. The summed E-state index contributed by atoms with van der Waals surface area (Å²) in [6.07, 6.45) is 3.92. The molecule has 1 aromatic rings. The van der Waals surface area contributed by atoms with Gasteiger partial charge in [0.05, 0.1) is 25.3 Å². The van der Waals surface area contributed by atoms with Gasteiger partial charge in [0.1, 0.15) is 12.0 Å². The van der Waals surface area contributed by atoms with Gasteiger partial charge in [0.25, 0.3) is 0 Å². The maximum absolute atomic E-state index is 11.3. The number of carbonyl (C=O) groups is 1. The van der Waals surface area contributed by atoms with Gasteiger partial charge in [-0.1, -0.05) is 0 Å². The van der Waals surface area contributed by atoms with Crippen molar-refractivity contribution in [1.82, 2.24) is 5.32 Å². The molecule has 2 unspecified atom stereocenters. The number of ether oxygens (including phenoxy) is 2. The standard InChI is InChI=1S/C13H19NO4/c1-9(12-4-3-5-17-12)14-7-11-6-10(8-18-11)13(15)16-2/h6,8-9,12,14H,3-5,7H2,1-2H3. The highest BCUT2D eigenvalue weighted by molar-refractivity contribution is 5.88. The fourth-order valence-electron chi connectivity index (χ4n) is 2.09. The van der Waals surface area contributed by atoms with Crippen LogP contribution in [0.1, 0.15) is 35.9 Å². The first-order chi connectivity index (χ1) is 8.70. The largest absolute Gasteiger partial charge is 0.467 e. The lowest BCUT2D eigenvalue weighted by atomic mass is 10.1. The van der Waals surface area contributed by atoms with Gasteiger partial charge < -0.3 is 19.2 Å². The summed E-state index contributed by atoms with van der Waals surface area (Å²) in [5, 5.41) is 3.34. The van der Waals surface area contributed by atoms with Gasteiger partial charge in [0.2, 0.25) is 0 Å². The zero-order valence-corrected chi connectivity index (χ0v) is 10.8. The van der Waals surface area contributed by atoms with E-state index in [0.717, 1.165) is 25.2 Å². The Labute approximate surface area is 106 Å². The molecule has 5 nitrogen and oxygen atoms in total. The molecule has 0 amide bonds. The highest BCUT2D eigenvalue weighted by atomic mass is 16.5. The maximum atomic E-state index is 11.3. The second-order valence-electron chi connectivity index (χ2n) is 4.51. The summed E-state index contributed by atoms with van der Waals surface area (Å²) >= 11 is 0. The fourth-order valence-corrected chi connectivity index (χ4v) is 2.09. The number of esters is 1. The van der Waals surface area contributed by atoms with Crippen LogP contribution in [0.4, 0.5) is 0 Å². The van der Waals surface area contributed by atoms with E-state index in [4.69, 9.17) is 9.15 Å². The number of furan rings is 1. The van der Waals surface area contributed by atoms with Crippen LogP contribution in [0, 0.1) is 0 Å². The number of hydrogen-bond donors (Lipinski definition) is 1. The van der Waals surface area contributed by atoms with Gasteiger partial charge >= 0.3 is 5.97 Å². The van der Waals surface area contributed by atoms with Crippen molar-refractivity contribution >= 4 is 5.97 Å². The molecule has 1 saturated heterocycles. The molecule has 1 aliphatic rings. The van der Waals surface area contributed by atoms with E-state index in [9.17, 15) is 4.79 Å². The molecular weight excluding hydrogens is 234 g/mol. The van der Waals surface area contributed by atoms with E-state index in [1.54, 1.807) is 6.07 Å². The molecule has 1 aromatic heterocycles. The van der Waals surface area contributed by atoms with Crippen LogP contribution in [0.5, 0.6) is 0 Å². The van der Waals surface area contributed by atoms with Crippen molar-refractivity contribution in [2.24, 2.45) is 0 Å². The summed E-state index contributed by atoms with van der Waals surface area (Å²) in [6, 6.07) is 1.97. The van der Waals surface area contributed by atoms with E-state index < -0.39 is 0 Å². The van der Waals surface area contributed by atoms with Crippen LogP contribution in [0.2, 0.25) is 0 Å². The second kappa shape index (κ2) is 6.02. The highest BCUT2D eigenvalue weighted by Gasteiger charge is 2.22. The number of rotatable bonds is 5. The van der Waals surface area contributed by atoms with Crippen LogP contribution in [0.25, 0.3) is 0 Å². The smallest absolute Gasteiger partial charge is 0.341 e. The lowest BCUT2D eigenvalue weighted by Crippen LogP contribution is -2.36. The first-order valence-electron chi connectivity index (χ1n) is 6.21. The quantitative estimate of drug-likeness (QED) is 0.810. The van der Waals surface area contributed by atoms with Gasteiger partial charge in [-0.25, -0.2) is 4.79 Å². The topological polar surface area (TPSA) is 60.7 Å². The summed E-state index contributed by atoms with van der Waals surface area (Å²) in [5.74, 6) is 0.345. The minimum atomic E-state index is -0.378. The van der Waals surface area contributed by atoms with Gasteiger partial charge in [0, 0.05) is 12.6 Å². The Bertz CT molecular complexity index is 395. The molecule has 0 aromatic carbocycles. The third kappa shape index (κ3) is 3.11. The molecule has 2 heterocycles. The summed E-state index contributed by atoms with van der Waals surface area (Å²) < 4.78 is 15.5. The van der Waals surface area contributed by atoms with Gasteiger partial charge in [0.15, 0.2) is 0 Å². The van der Waals surface area contributed by atoms with Crippen molar-refractivity contribution in [3.63, 3.8) is 0 Å². The van der Waals surface area contributed by atoms with E-state index in [2.05, 4.69) is 17.0 Å². The lowest BCUT2D eigenvalue weighted by molar-refractivity contribution is 0.0600. The van der Waals surface area contributed by atoms with Crippen molar-refractivity contribution in [2.45, 2.75) is 38.5 Å². The Kier molecular flexibility index (Phi) is 4.38. The molecule has 1 N–H and O–H groups in total. The predicted molar refractivity (Wildman–Crippen MR) is 65.3 cm³/mol. The van der Waals surface area contributed by atoms with Gasteiger partial charge in [-0.05, 0) is 25.8 Å². The Morgan fingerprint density at radius 3 is 3.17 bits per heavy atom.